The van der Waals surface area contributed by atoms with Crippen molar-refractivity contribution in [2.75, 3.05) is 14.2 Å². The summed E-state index contributed by atoms with van der Waals surface area (Å²) in [5.41, 5.74) is 2.20. The van der Waals surface area contributed by atoms with Crippen LogP contribution in [0.5, 0.6) is 5.75 Å². The van der Waals surface area contributed by atoms with Gasteiger partial charge in [0.2, 0.25) is 4.77 Å². The van der Waals surface area contributed by atoms with Crippen molar-refractivity contribution in [3.05, 3.63) is 71.3 Å². The molecule has 3 rings (SSSR count). The van der Waals surface area contributed by atoms with Gasteiger partial charge in [-0.3, -0.25) is 9.47 Å². The smallest absolute Gasteiger partial charge is 0.203 e. The summed E-state index contributed by atoms with van der Waals surface area (Å²) in [4.78, 5) is 2.17. The number of hydrogen-bond acceptors (Lipinski definition) is 4. The van der Waals surface area contributed by atoms with E-state index in [1.165, 1.54) is 5.56 Å². The topological polar surface area (TPSA) is 35.2 Å². The van der Waals surface area contributed by atoms with Crippen LogP contribution < -0.4 is 4.74 Å². The first-order valence-corrected chi connectivity index (χ1v) is 8.09. The highest BCUT2D eigenvalue weighted by Gasteiger charge is 2.07. The summed E-state index contributed by atoms with van der Waals surface area (Å²) in [5.74, 6) is 0.795. The quantitative estimate of drug-likeness (QED) is 0.643. The Morgan fingerprint density at radius 2 is 1.92 bits per heavy atom. The highest BCUT2D eigenvalue weighted by molar-refractivity contribution is 7.71. The van der Waals surface area contributed by atoms with Crippen LogP contribution in [0, 0.1) is 4.77 Å². The van der Waals surface area contributed by atoms with E-state index in [0.717, 1.165) is 18.0 Å². The van der Waals surface area contributed by atoms with Crippen LogP contribution in [0.4, 0.5) is 0 Å². The predicted molar refractivity (Wildman–Crippen MR) is 96.8 cm³/mol. The summed E-state index contributed by atoms with van der Waals surface area (Å²) in [6.07, 6.45) is 1.74. The van der Waals surface area contributed by atoms with Gasteiger partial charge in [-0.2, -0.15) is 5.10 Å². The standard InChI is InChI=1S/C18H20N4OS/c1-20(12-15-7-4-3-5-8-15)14-22-18(24)21(13-19-22)16-9-6-10-17(11-16)23-2/h3-11,13H,12,14H2,1-2H3. The van der Waals surface area contributed by atoms with Gasteiger partial charge < -0.3 is 4.74 Å². The fraction of sp³-hybridized carbons (Fsp3) is 0.222. The minimum absolute atomic E-state index is 0.630. The van der Waals surface area contributed by atoms with Crippen LogP contribution in [-0.2, 0) is 13.2 Å². The molecule has 6 heteroatoms. The molecule has 0 amide bonds. The molecule has 1 heterocycles. The zero-order chi connectivity index (χ0) is 16.9. The Kier molecular flexibility index (Phi) is 5.08. The van der Waals surface area contributed by atoms with Gasteiger partial charge in [-0.1, -0.05) is 36.4 Å². The lowest BCUT2D eigenvalue weighted by Crippen LogP contribution is -2.22. The van der Waals surface area contributed by atoms with Crippen molar-refractivity contribution in [3.8, 4) is 11.4 Å². The highest BCUT2D eigenvalue weighted by atomic mass is 32.1. The number of methoxy groups -OCH3 is 1. The molecular formula is C18H20N4OS. The van der Waals surface area contributed by atoms with E-state index in [2.05, 4.69) is 29.2 Å². The summed E-state index contributed by atoms with van der Waals surface area (Å²) < 4.78 is 9.63. The van der Waals surface area contributed by atoms with Gasteiger partial charge >= 0.3 is 0 Å². The molecule has 0 saturated carbocycles. The molecule has 0 aliphatic rings. The second kappa shape index (κ2) is 7.42. The summed E-state index contributed by atoms with van der Waals surface area (Å²) in [6, 6.07) is 18.1. The normalized spacial score (nSPS) is 11.0. The largest absolute Gasteiger partial charge is 0.497 e. The Bertz CT molecular complexity index is 857. The molecule has 2 aromatic carbocycles. The van der Waals surface area contributed by atoms with Crippen LogP contribution in [0.1, 0.15) is 5.56 Å². The van der Waals surface area contributed by atoms with Crippen molar-refractivity contribution in [2.45, 2.75) is 13.2 Å². The van der Waals surface area contributed by atoms with Crippen molar-refractivity contribution in [1.82, 2.24) is 19.2 Å². The Balaban J connectivity index is 1.76. The molecule has 0 unspecified atom stereocenters. The van der Waals surface area contributed by atoms with Crippen LogP contribution in [0.25, 0.3) is 5.69 Å². The van der Waals surface area contributed by atoms with Gasteiger partial charge in [0.25, 0.3) is 0 Å². The number of nitrogens with zero attached hydrogens (tertiary/aromatic N) is 4. The molecule has 5 nitrogen and oxygen atoms in total. The maximum absolute atomic E-state index is 5.57. The van der Waals surface area contributed by atoms with E-state index in [9.17, 15) is 0 Å². The van der Waals surface area contributed by atoms with Gasteiger partial charge in [-0.25, -0.2) is 4.68 Å². The molecule has 0 aliphatic carbocycles. The lowest BCUT2D eigenvalue weighted by Gasteiger charge is -2.16. The predicted octanol–water partition coefficient (Wildman–Crippen LogP) is 3.50. The molecule has 124 valence electrons. The van der Waals surface area contributed by atoms with E-state index < -0.39 is 0 Å². The molecule has 0 bridgehead atoms. The van der Waals surface area contributed by atoms with Crippen LogP contribution in [0.15, 0.2) is 60.9 Å². The third kappa shape index (κ3) is 3.72. The van der Waals surface area contributed by atoms with Crippen molar-refractivity contribution >= 4 is 12.2 Å². The number of ether oxygens (including phenoxy) is 1. The van der Waals surface area contributed by atoms with Gasteiger partial charge in [-0.05, 0) is 37.0 Å². The van der Waals surface area contributed by atoms with Crippen molar-refractivity contribution in [1.29, 1.82) is 0 Å². The van der Waals surface area contributed by atoms with E-state index in [1.807, 2.05) is 51.7 Å². The molecule has 0 fully saturated rings. The SMILES string of the molecule is COc1cccc(-n2cnn(CN(C)Cc3ccccc3)c2=S)c1. The first-order chi connectivity index (χ1) is 11.7. The Morgan fingerprint density at radius 1 is 1.12 bits per heavy atom. The fourth-order valence-corrected chi connectivity index (χ4v) is 2.80. The van der Waals surface area contributed by atoms with Crippen molar-refractivity contribution < 1.29 is 4.74 Å². The second-order valence-corrected chi connectivity index (χ2v) is 5.99. The summed E-state index contributed by atoms with van der Waals surface area (Å²) in [7, 11) is 3.71. The van der Waals surface area contributed by atoms with E-state index in [-0.39, 0.29) is 0 Å². The lowest BCUT2D eigenvalue weighted by atomic mass is 10.2. The first-order valence-electron chi connectivity index (χ1n) is 7.69. The van der Waals surface area contributed by atoms with Gasteiger partial charge in [0.15, 0.2) is 0 Å². The third-order valence-electron chi connectivity index (χ3n) is 3.74. The Labute approximate surface area is 146 Å². The number of hydrogen-bond donors (Lipinski definition) is 0. The maximum Gasteiger partial charge on any atom is 0.203 e. The zero-order valence-corrected chi connectivity index (χ0v) is 14.6. The molecule has 1 aromatic heterocycles. The van der Waals surface area contributed by atoms with Crippen LogP contribution in [0.3, 0.4) is 0 Å². The molecule has 0 N–H and O–H groups in total. The molecule has 0 aliphatic heterocycles. The molecular weight excluding hydrogens is 320 g/mol. The number of benzene rings is 2. The lowest BCUT2D eigenvalue weighted by molar-refractivity contribution is 0.244. The van der Waals surface area contributed by atoms with Gasteiger partial charge in [0, 0.05) is 12.6 Å². The number of aromatic nitrogens is 3. The van der Waals surface area contributed by atoms with E-state index in [0.29, 0.717) is 11.4 Å². The Hall–Kier alpha value is -2.44. The van der Waals surface area contributed by atoms with E-state index in [1.54, 1.807) is 13.4 Å². The van der Waals surface area contributed by atoms with Gasteiger partial charge in [0.05, 0.1) is 19.5 Å². The second-order valence-electron chi connectivity index (χ2n) is 5.63. The molecule has 0 spiro atoms. The summed E-state index contributed by atoms with van der Waals surface area (Å²) >= 11 is 5.57. The number of rotatable bonds is 6. The molecule has 0 radical (unpaired) electrons. The zero-order valence-electron chi connectivity index (χ0n) is 13.8. The molecule has 3 aromatic rings. The van der Waals surface area contributed by atoms with Gasteiger partial charge in [-0.15, -0.1) is 0 Å². The van der Waals surface area contributed by atoms with Gasteiger partial charge in [0.1, 0.15) is 12.1 Å². The van der Waals surface area contributed by atoms with E-state index in [4.69, 9.17) is 17.0 Å². The average molecular weight is 340 g/mol. The maximum atomic E-state index is 5.57. The van der Waals surface area contributed by atoms with E-state index >= 15 is 0 Å². The minimum atomic E-state index is 0.630. The molecule has 0 atom stereocenters. The fourth-order valence-electron chi connectivity index (χ4n) is 2.55. The monoisotopic (exact) mass is 340 g/mol. The van der Waals surface area contributed by atoms with Crippen LogP contribution >= 0.6 is 12.2 Å². The van der Waals surface area contributed by atoms with Crippen molar-refractivity contribution in [3.63, 3.8) is 0 Å². The summed E-state index contributed by atoms with van der Waals surface area (Å²) in [6.45, 7) is 1.47. The van der Waals surface area contributed by atoms with Crippen molar-refractivity contribution in [2.24, 2.45) is 0 Å². The summed E-state index contributed by atoms with van der Waals surface area (Å²) in [5, 5.41) is 4.42. The molecule has 24 heavy (non-hydrogen) atoms. The first kappa shape index (κ1) is 16.4. The van der Waals surface area contributed by atoms with Crippen LogP contribution in [0.2, 0.25) is 0 Å². The minimum Gasteiger partial charge on any atom is -0.497 e. The molecule has 0 saturated heterocycles. The van der Waals surface area contributed by atoms with Crippen LogP contribution in [-0.4, -0.2) is 33.4 Å². The average Bonchev–Trinajstić information content (AvgIpc) is 2.96. The third-order valence-corrected chi connectivity index (χ3v) is 4.14. The highest BCUT2D eigenvalue weighted by Crippen LogP contribution is 2.16. The Morgan fingerprint density at radius 3 is 2.67 bits per heavy atom.